The smallest absolute Gasteiger partial charge is 0.250 e. The number of nitrogens with zero attached hydrogens (tertiary/aromatic N) is 2. The summed E-state index contributed by atoms with van der Waals surface area (Å²) in [5, 5.41) is 8.40. The van der Waals surface area contributed by atoms with Crippen molar-refractivity contribution < 1.29 is 23.6 Å². The van der Waals surface area contributed by atoms with Crippen LogP contribution in [0.2, 0.25) is 10.0 Å². The Labute approximate surface area is 261 Å². The van der Waals surface area contributed by atoms with Gasteiger partial charge in [-0.25, -0.2) is 4.39 Å². The number of rotatable bonds is 7. The van der Waals surface area contributed by atoms with Crippen LogP contribution in [0.1, 0.15) is 57.6 Å². The maximum atomic E-state index is 14.8. The van der Waals surface area contributed by atoms with Crippen LogP contribution in [0, 0.1) is 5.82 Å². The predicted molar refractivity (Wildman–Crippen MR) is 164 cm³/mol. The van der Waals surface area contributed by atoms with Crippen molar-refractivity contribution in [3.8, 4) is 0 Å². The Hall–Kier alpha value is -3.21. The van der Waals surface area contributed by atoms with Crippen molar-refractivity contribution in [2.24, 2.45) is 0 Å². The van der Waals surface area contributed by atoms with Crippen molar-refractivity contribution in [2.45, 2.75) is 76.5 Å². The molecule has 43 heavy (non-hydrogen) atoms. The maximum absolute atomic E-state index is 14.8. The summed E-state index contributed by atoms with van der Waals surface area (Å²) in [4.78, 5) is 57.1. The zero-order chi connectivity index (χ0) is 31.5. The van der Waals surface area contributed by atoms with Gasteiger partial charge >= 0.3 is 0 Å². The minimum atomic E-state index is -1.36. The third kappa shape index (κ3) is 7.30. The lowest BCUT2D eigenvalue weighted by Gasteiger charge is -2.41. The van der Waals surface area contributed by atoms with E-state index >= 15 is 0 Å². The van der Waals surface area contributed by atoms with Gasteiger partial charge in [0.1, 0.15) is 11.6 Å². The molecule has 0 saturated carbocycles. The highest BCUT2D eigenvalue weighted by molar-refractivity contribution is 6.42. The fourth-order valence-electron chi connectivity index (χ4n) is 5.36. The van der Waals surface area contributed by atoms with Gasteiger partial charge in [0.15, 0.2) is 5.82 Å². The van der Waals surface area contributed by atoms with E-state index in [1.54, 1.807) is 11.9 Å². The molecule has 0 unspecified atom stereocenters. The molecule has 2 aromatic rings. The minimum Gasteiger partial charge on any atom is -0.341 e. The number of carbonyl (C=O) groups is 4. The largest absolute Gasteiger partial charge is 0.341 e. The lowest BCUT2D eigenvalue weighted by atomic mass is 9.85. The van der Waals surface area contributed by atoms with Gasteiger partial charge in [-0.2, -0.15) is 0 Å². The van der Waals surface area contributed by atoms with E-state index in [9.17, 15) is 23.6 Å². The van der Waals surface area contributed by atoms with Gasteiger partial charge in [-0.3, -0.25) is 19.2 Å². The number of piperidine rings is 1. The first-order valence-corrected chi connectivity index (χ1v) is 15.1. The number of hydrogen-bond acceptors (Lipinski definition) is 5. The Morgan fingerprint density at radius 1 is 1.05 bits per heavy atom. The van der Waals surface area contributed by atoms with Gasteiger partial charge < -0.3 is 25.8 Å². The van der Waals surface area contributed by atoms with Crippen molar-refractivity contribution in [1.82, 2.24) is 20.4 Å². The fraction of sp³-hybridized carbons (Fsp3) is 0.484. The molecular formula is C31H38Cl2FN5O4. The summed E-state index contributed by atoms with van der Waals surface area (Å²) in [5.41, 5.74) is -0.0617. The SMILES string of the molecule is CN(C(=O)CCC(=O)N1Cc2ccccc2C[C@H]1C(=O)NC1(C(=O)Nc2ccc(Cl)c(Cl)c2F)CCNCC1)C(C)(C)C. The van der Waals surface area contributed by atoms with E-state index in [-0.39, 0.29) is 66.2 Å². The molecule has 0 bridgehead atoms. The summed E-state index contributed by atoms with van der Waals surface area (Å²) < 4.78 is 14.8. The van der Waals surface area contributed by atoms with Crippen LogP contribution in [0.3, 0.4) is 0 Å². The van der Waals surface area contributed by atoms with Gasteiger partial charge in [0.2, 0.25) is 23.6 Å². The number of halogens is 3. The molecule has 232 valence electrons. The number of anilines is 1. The molecule has 4 amide bonds. The Kier molecular flexibility index (Phi) is 10.0. The third-order valence-corrected chi connectivity index (χ3v) is 9.12. The standard InChI is InChI=1S/C31H38Cl2FN5O4/c1-30(2,3)38(4)24(40)11-12-25(41)39-18-20-8-6-5-7-19(20)17-23(39)28(42)37-31(13-15-35-16-14-31)29(43)36-22-10-9-21(32)26(33)27(22)34/h5-10,23,35H,11-18H2,1-4H3,(H,36,43)(H,37,42)/t23-/m0/s1. The monoisotopic (exact) mass is 633 g/mol. The number of amides is 4. The third-order valence-electron chi connectivity index (χ3n) is 8.34. The molecule has 2 aromatic carbocycles. The molecule has 9 nitrogen and oxygen atoms in total. The molecule has 0 aromatic heterocycles. The second-order valence-electron chi connectivity index (χ2n) is 12.1. The maximum Gasteiger partial charge on any atom is 0.250 e. The van der Waals surface area contributed by atoms with Crippen molar-refractivity contribution >= 4 is 52.5 Å². The Bertz CT molecular complexity index is 1410. The predicted octanol–water partition coefficient (Wildman–Crippen LogP) is 4.30. The van der Waals surface area contributed by atoms with Gasteiger partial charge in [-0.15, -0.1) is 0 Å². The lowest BCUT2D eigenvalue weighted by molar-refractivity contribution is -0.145. The van der Waals surface area contributed by atoms with Crippen molar-refractivity contribution in [1.29, 1.82) is 0 Å². The summed E-state index contributed by atoms with van der Waals surface area (Å²) in [6.45, 7) is 6.83. The normalized spacial score (nSPS) is 17.9. The zero-order valence-electron chi connectivity index (χ0n) is 24.9. The van der Waals surface area contributed by atoms with Crippen LogP contribution in [0.4, 0.5) is 10.1 Å². The van der Waals surface area contributed by atoms with Crippen molar-refractivity contribution in [3.63, 3.8) is 0 Å². The molecule has 1 atom stereocenters. The zero-order valence-corrected chi connectivity index (χ0v) is 26.4. The first-order valence-electron chi connectivity index (χ1n) is 14.3. The molecular weight excluding hydrogens is 596 g/mol. The molecule has 0 aliphatic carbocycles. The average molecular weight is 635 g/mol. The fourth-order valence-corrected chi connectivity index (χ4v) is 5.68. The summed E-state index contributed by atoms with van der Waals surface area (Å²) in [5.74, 6) is -2.45. The van der Waals surface area contributed by atoms with Gasteiger partial charge in [0, 0.05) is 38.4 Å². The van der Waals surface area contributed by atoms with E-state index in [1.165, 1.54) is 17.0 Å². The van der Waals surface area contributed by atoms with E-state index in [2.05, 4.69) is 16.0 Å². The number of hydrogen-bond donors (Lipinski definition) is 3. The van der Waals surface area contributed by atoms with Crippen LogP contribution in [-0.4, -0.2) is 70.7 Å². The first-order chi connectivity index (χ1) is 20.2. The highest BCUT2D eigenvalue weighted by Gasteiger charge is 2.44. The average Bonchev–Trinajstić information content (AvgIpc) is 2.98. The van der Waals surface area contributed by atoms with Gasteiger partial charge in [0.25, 0.3) is 0 Å². The van der Waals surface area contributed by atoms with E-state index < -0.39 is 34.8 Å². The quantitative estimate of drug-likeness (QED) is 0.394. The molecule has 1 saturated heterocycles. The van der Waals surface area contributed by atoms with E-state index in [0.717, 1.165) is 11.1 Å². The second-order valence-corrected chi connectivity index (χ2v) is 12.9. The highest BCUT2D eigenvalue weighted by atomic mass is 35.5. The van der Waals surface area contributed by atoms with Crippen LogP contribution < -0.4 is 16.0 Å². The summed E-state index contributed by atoms with van der Waals surface area (Å²) in [6.07, 6.45) is 0.696. The van der Waals surface area contributed by atoms with Crippen LogP contribution in [0.5, 0.6) is 0 Å². The number of fused-ring (bicyclic) bond motifs is 1. The Morgan fingerprint density at radius 2 is 1.70 bits per heavy atom. The summed E-state index contributed by atoms with van der Waals surface area (Å²) >= 11 is 11.8. The summed E-state index contributed by atoms with van der Waals surface area (Å²) in [7, 11) is 1.70. The molecule has 3 N–H and O–H groups in total. The van der Waals surface area contributed by atoms with Crippen molar-refractivity contribution in [2.75, 3.05) is 25.5 Å². The number of nitrogens with one attached hydrogen (secondary N) is 3. The Balaban J connectivity index is 1.57. The van der Waals surface area contributed by atoms with E-state index in [0.29, 0.717) is 13.1 Å². The molecule has 2 aliphatic rings. The van der Waals surface area contributed by atoms with Crippen LogP contribution in [0.15, 0.2) is 36.4 Å². The molecule has 1 fully saturated rings. The van der Waals surface area contributed by atoms with E-state index in [1.807, 2.05) is 45.0 Å². The number of benzene rings is 2. The molecule has 2 aliphatic heterocycles. The van der Waals surface area contributed by atoms with Crippen molar-refractivity contribution in [3.05, 3.63) is 63.4 Å². The Morgan fingerprint density at radius 3 is 2.35 bits per heavy atom. The molecule has 0 radical (unpaired) electrons. The minimum absolute atomic E-state index is 0.00627. The summed E-state index contributed by atoms with van der Waals surface area (Å²) in [6, 6.07) is 9.37. The number of carbonyl (C=O) groups excluding carboxylic acids is 4. The van der Waals surface area contributed by atoms with Crippen LogP contribution >= 0.6 is 23.2 Å². The van der Waals surface area contributed by atoms with Gasteiger partial charge in [0.05, 0.1) is 15.7 Å². The van der Waals surface area contributed by atoms with Crippen LogP contribution in [0.25, 0.3) is 0 Å². The topological polar surface area (TPSA) is 111 Å². The van der Waals surface area contributed by atoms with Gasteiger partial charge in [-0.1, -0.05) is 47.5 Å². The molecule has 2 heterocycles. The lowest BCUT2D eigenvalue weighted by Crippen LogP contribution is -2.65. The van der Waals surface area contributed by atoms with E-state index in [4.69, 9.17) is 23.2 Å². The molecule has 4 rings (SSSR count). The first kappa shape index (κ1) is 32.7. The van der Waals surface area contributed by atoms with Gasteiger partial charge in [-0.05, 0) is 70.0 Å². The van der Waals surface area contributed by atoms with Crippen LogP contribution in [-0.2, 0) is 32.1 Å². The molecule has 0 spiro atoms. The molecule has 12 heteroatoms. The highest BCUT2D eigenvalue weighted by Crippen LogP contribution is 2.32. The second kappa shape index (κ2) is 13.2.